The molecule has 0 aromatic heterocycles. The second-order valence-corrected chi connectivity index (χ2v) is 9.07. The van der Waals surface area contributed by atoms with Gasteiger partial charge in [0.2, 0.25) is 5.91 Å². The molecule has 2 amide bonds. The minimum Gasteiger partial charge on any atom is -0.481 e. The third-order valence-corrected chi connectivity index (χ3v) is 5.81. The van der Waals surface area contributed by atoms with Crippen LogP contribution >= 0.6 is 0 Å². The molecule has 8 heteroatoms. The fourth-order valence-electron chi connectivity index (χ4n) is 4.15. The van der Waals surface area contributed by atoms with Crippen LogP contribution < -0.4 is 10.6 Å². The van der Waals surface area contributed by atoms with E-state index in [9.17, 15) is 14.4 Å². The second kappa shape index (κ2) is 12.9. The summed E-state index contributed by atoms with van der Waals surface area (Å²) in [5.41, 5.74) is 4.41. The normalized spacial score (nSPS) is 13.1. The van der Waals surface area contributed by atoms with Gasteiger partial charge in [-0.05, 0) is 41.0 Å². The summed E-state index contributed by atoms with van der Waals surface area (Å²) in [6.45, 7) is 5.76. The summed E-state index contributed by atoms with van der Waals surface area (Å²) in [5, 5.41) is 14.3. The molecule has 3 N–H and O–H groups in total. The Morgan fingerprint density at radius 3 is 2.23 bits per heavy atom. The molecule has 188 valence electrons. The van der Waals surface area contributed by atoms with Gasteiger partial charge in [0.15, 0.2) is 0 Å². The van der Waals surface area contributed by atoms with E-state index in [1.165, 1.54) is 0 Å². The molecule has 2 aromatic carbocycles. The van der Waals surface area contributed by atoms with Crippen molar-refractivity contribution in [3.8, 4) is 11.1 Å². The zero-order chi connectivity index (χ0) is 25.2. The Morgan fingerprint density at radius 2 is 1.63 bits per heavy atom. The molecular weight excluding hydrogens is 448 g/mol. The molecule has 1 unspecified atom stereocenters. The maximum absolute atomic E-state index is 12.6. The number of carboxylic acids is 1. The van der Waals surface area contributed by atoms with Crippen LogP contribution in [0, 0.1) is 5.92 Å². The highest BCUT2D eigenvalue weighted by Gasteiger charge is 2.29. The van der Waals surface area contributed by atoms with Gasteiger partial charge in [-0.2, -0.15) is 0 Å². The highest BCUT2D eigenvalue weighted by Crippen LogP contribution is 2.44. The maximum Gasteiger partial charge on any atom is 0.407 e. The van der Waals surface area contributed by atoms with Gasteiger partial charge in [-0.1, -0.05) is 62.4 Å². The molecule has 1 atom stereocenters. The number of aliphatic carboxylic acids is 1. The van der Waals surface area contributed by atoms with Gasteiger partial charge in [0, 0.05) is 32.1 Å². The molecule has 0 bridgehead atoms. The smallest absolute Gasteiger partial charge is 0.407 e. The van der Waals surface area contributed by atoms with Crippen LogP contribution in [0.3, 0.4) is 0 Å². The SMILES string of the molecule is CC(C)COCCCNC(=O)C(CCC(=O)O)NC(=O)OCC1c2ccccc2-c2ccccc21. The summed E-state index contributed by atoms with van der Waals surface area (Å²) in [6.07, 6.45) is -0.415. The summed E-state index contributed by atoms with van der Waals surface area (Å²) in [5.74, 6) is -1.15. The van der Waals surface area contributed by atoms with Crippen molar-refractivity contribution in [1.29, 1.82) is 0 Å². The molecule has 1 aliphatic carbocycles. The number of nitrogens with one attached hydrogen (secondary N) is 2. The fraction of sp³-hybridized carbons (Fsp3) is 0.444. The van der Waals surface area contributed by atoms with Crippen LogP contribution in [0.4, 0.5) is 4.79 Å². The lowest BCUT2D eigenvalue weighted by Gasteiger charge is -2.19. The van der Waals surface area contributed by atoms with Crippen LogP contribution in [0.2, 0.25) is 0 Å². The average Bonchev–Trinajstić information content (AvgIpc) is 3.16. The van der Waals surface area contributed by atoms with Gasteiger partial charge >= 0.3 is 12.1 Å². The molecule has 0 aliphatic heterocycles. The molecule has 2 aromatic rings. The monoisotopic (exact) mass is 482 g/mol. The number of hydrogen-bond donors (Lipinski definition) is 3. The summed E-state index contributed by atoms with van der Waals surface area (Å²) in [6, 6.07) is 15.0. The van der Waals surface area contributed by atoms with Crippen molar-refractivity contribution in [1.82, 2.24) is 10.6 Å². The predicted molar refractivity (Wildman–Crippen MR) is 132 cm³/mol. The first kappa shape index (κ1) is 26.2. The first-order valence-corrected chi connectivity index (χ1v) is 12.1. The lowest BCUT2D eigenvalue weighted by Crippen LogP contribution is -2.47. The summed E-state index contributed by atoms with van der Waals surface area (Å²) >= 11 is 0. The molecule has 0 fully saturated rings. The van der Waals surface area contributed by atoms with Crippen molar-refractivity contribution in [2.45, 2.75) is 45.1 Å². The highest BCUT2D eigenvalue weighted by atomic mass is 16.5. The van der Waals surface area contributed by atoms with Crippen molar-refractivity contribution in [2.75, 3.05) is 26.4 Å². The molecule has 0 saturated carbocycles. The third-order valence-electron chi connectivity index (χ3n) is 5.81. The van der Waals surface area contributed by atoms with Gasteiger partial charge in [0.05, 0.1) is 0 Å². The molecule has 0 spiro atoms. The molecule has 8 nitrogen and oxygen atoms in total. The van der Waals surface area contributed by atoms with Crippen LogP contribution in [0.25, 0.3) is 11.1 Å². The molecule has 0 heterocycles. The zero-order valence-corrected chi connectivity index (χ0v) is 20.3. The van der Waals surface area contributed by atoms with Gasteiger partial charge in [-0.3, -0.25) is 9.59 Å². The molecular formula is C27H34N2O6. The maximum atomic E-state index is 12.6. The number of carboxylic acid groups (broad SMARTS) is 1. The van der Waals surface area contributed by atoms with Crippen LogP contribution in [0.5, 0.6) is 0 Å². The van der Waals surface area contributed by atoms with Gasteiger partial charge in [-0.25, -0.2) is 4.79 Å². The molecule has 35 heavy (non-hydrogen) atoms. The first-order valence-electron chi connectivity index (χ1n) is 12.1. The van der Waals surface area contributed by atoms with E-state index in [1.54, 1.807) is 0 Å². The van der Waals surface area contributed by atoms with E-state index in [1.807, 2.05) is 48.5 Å². The number of carbonyl (C=O) groups is 3. The molecule has 3 rings (SSSR count). The quantitative estimate of drug-likeness (QED) is 0.373. The molecule has 1 aliphatic rings. The number of benzene rings is 2. The van der Waals surface area contributed by atoms with Crippen molar-refractivity contribution in [3.05, 3.63) is 59.7 Å². The van der Waals surface area contributed by atoms with Crippen LogP contribution in [-0.2, 0) is 19.1 Å². The predicted octanol–water partition coefficient (Wildman–Crippen LogP) is 3.94. The standard InChI is InChI=1S/C27H34N2O6/c1-18(2)16-34-15-7-14-28-26(32)24(12-13-25(30)31)29-27(33)35-17-23-21-10-5-3-8-19(21)20-9-4-6-11-22(20)23/h3-6,8-11,18,23-24H,7,12-17H2,1-2H3,(H,28,32)(H,29,33)(H,30,31). The third kappa shape index (κ3) is 7.55. The summed E-state index contributed by atoms with van der Waals surface area (Å²) < 4.78 is 11.0. The van der Waals surface area contributed by atoms with Crippen LogP contribution in [0.15, 0.2) is 48.5 Å². The average molecular weight is 483 g/mol. The van der Waals surface area contributed by atoms with Crippen LogP contribution in [0.1, 0.15) is 50.2 Å². The summed E-state index contributed by atoms with van der Waals surface area (Å²) in [4.78, 5) is 36.2. The second-order valence-electron chi connectivity index (χ2n) is 9.07. The van der Waals surface area contributed by atoms with Crippen molar-refractivity contribution >= 4 is 18.0 Å². The Labute approximate surface area is 206 Å². The number of hydrogen-bond acceptors (Lipinski definition) is 5. The number of alkyl carbamates (subject to hydrolysis) is 1. The van der Waals surface area contributed by atoms with Gasteiger partial charge < -0.3 is 25.2 Å². The Kier molecular flexibility index (Phi) is 9.66. The van der Waals surface area contributed by atoms with E-state index in [2.05, 4.69) is 24.5 Å². The fourth-order valence-corrected chi connectivity index (χ4v) is 4.15. The van der Waals surface area contributed by atoms with Crippen molar-refractivity contribution in [2.24, 2.45) is 5.92 Å². The van der Waals surface area contributed by atoms with Gasteiger partial charge in [0.1, 0.15) is 12.6 Å². The number of ether oxygens (including phenoxy) is 2. The van der Waals surface area contributed by atoms with Gasteiger partial charge in [-0.15, -0.1) is 0 Å². The topological polar surface area (TPSA) is 114 Å². The Hall–Kier alpha value is -3.39. The number of rotatable bonds is 13. The molecule has 0 saturated heterocycles. The van der Waals surface area contributed by atoms with E-state index in [-0.39, 0.29) is 25.4 Å². The number of carbonyl (C=O) groups excluding carboxylic acids is 2. The lowest BCUT2D eigenvalue weighted by atomic mass is 9.98. The van der Waals surface area contributed by atoms with Gasteiger partial charge in [0.25, 0.3) is 0 Å². The minimum atomic E-state index is -1.04. The van der Waals surface area contributed by atoms with E-state index >= 15 is 0 Å². The lowest BCUT2D eigenvalue weighted by molar-refractivity contribution is -0.137. The summed E-state index contributed by atoms with van der Waals surface area (Å²) in [7, 11) is 0. The van der Waals surface area contributed by atoms with E-state index < -0.39 is 24.0 Å². The highest BCUT2D eigenvalue weighted by molar-refractivity contribution is 5.86. The van der Waals surface area contributed by atoms with E-state index in [4.69, 9.17) is 14.6 Å². The van der Waals surface area contributed by atoms with Crippen LogP contribution in [-0.4, -0.2) is 55.5 Å². The Morgan fingerprint density at radius 1 is 1.00 bits per heavy atom. The van der Waals surface area contributed by atoms with Crippen molar-refractivity contribution in [3.63, 3.8) is 0 Å². The first-order chi connectivity index (χ1) is 16.9. The minimum absolute atomic E-state index is 0.0325. The largest absolute Gasteiger partial charge is 0.481 e. The van der Waals surface area contributed by atoms with Crippen molar-refractivity contribution < 1.29 is 29.0 Å². The Balaban J connectivity index is 1.54. The number of fused-ring (bicyclic) bond motifs is 3. The molecule has 0 radical (unpaired) electrons. The zero-order valence-electron chi connectivity index (χ0n) is 20.3. The number of amides is 2. The Bertz CT molecular complexity index is 977. The van der Waals surface area contributed by atoms with E-state index in [0.29, 0.717) is 32.1 Å². The van der Waals surface area contributed by atoms with E-state index in [0.717, 1.165) is 22.3 Å².